The van der Waals surface area contributed by atoms with Crippen molar-refractivity contribution in [2.45, 2.75) is 45.8 Å². The minimum atomic E-state index is -0.731. The fourth-order valence-electron chi connectivity index (χ4n) is 2.33. The standard InChI is InChI=1S/C12H23NO3/c1-8(12(15)16)9(2)13-6-4-11(5-7-13)10(3)14/h8-11,14H,4-7H2,1-3H3,(H,15,16). The van der Waals surface area contributed by atoms with Crippen LogP contribution in [0.25, 0.3) is 0 Å². The second kappa shape index (κ2) is 5.64. The van der Waals surface area contributed by atoms with Crippen LogP contribution in [0.3, 0.4) is 0 Å². The van der Waals surface area contributed by atoms with Crippen LogP contribution in [0.1, 0.15) is 33.6 Å². The Morgan fingerprint density at radius 1 is 1.25 bits per heavy atom. The summed E-state index contributed by atoms with van der Waals surface area (Å²) in [6.07, 6.45) is 1.69. The van der Waals surface area contributed by atoms with Gasteiger partial charge in [-0.1, -0.05) is 6.92 Å². The van der Waals surface area contributed by atoms with E-state index in [1.165, 1.54) is 0 Å². The molecule has 0 radical (unpaired) electrons. The van der Waals surface area contributed by atoms with Gasteiger partial charge in [0.2, 0.25) is 0 Å². The van der Waals surface area contributed by atoms with Crippen LogP contribution in [0.2, 0.25) is 0 Å². The minimum absolute atomic E-state index is 0.0763. The summed E-state index contributed by atoms with van der Waals surface area (Å²) in [5.41, 5.74) is 0. The average Bonchev–Trinajstić information content (AvgIpc) is 2.27. The first-order valence-corrected chi connectivity index (χ1v) is 6.08. The van der Waals surface area contributed by atoms with Crippen LogP contribution in [-0.2, 0) is 4.79 Å². The molecule has 0 bridgehead atoms. The smallest absolute Gasteiger partial charge is 0.307 e. The van der Waals surface area contributed by atoms with Crippen molar-refractivity contribution in [1.29, 1.82) is 0 Å². The van der Waals surface area contributed by atoms with Crippen molar-refractivity contribution in [3.63, 3.8) is 0 Å². The molecular formula is C12H23NO3. The molecule has 4 heteroatoms. The largest absolute Gasteiger partial charge is 0.481 e. The number of carboxylic acids is 1. The summed E-state index contributed by atoms with van der Waals surface area (Å²) in [6.45, 7) is 7.36. The van der Waals surface area contributed by atoms with E-state index in [-0.39, 0.29) is 18.1 Å². The maximum atomic E-state index is 10.9. The third-order valence-electron chi connectivity index (χ3n) is 3.95. The second-order valence-corrected chi connectivity index (χ2v) is 4.98. The van der Waals surface area contributed by atoms with Gasteiger partial charge < -0.3 is 10.2 Å². The highest BCUT2D eigenvalue weighted by Crippen LogP contribution is 2.24. The van der Waals surface area contributed by atoms with Crippen LogP contribution in [0.15, 0.2) is 0 Å². The van der Waals surface area contributed by atoms with Gasteiger partial charge in [-0.3, -0.25) is 9.69 Å². The first-order valence-electron chi connectivity index (χ1n) is 6.08. The van der Waals surface area contributed by atoms with Crippen molar-refractivity contribution in [2.24, 2.45) is 11.8 Å². The lowest BCUT2D eigenvalue weighted by Crippen LogP contribution is -2.46. The van der Waals surface area contributed by atoms with Crippen LogP contribution < -0.4 is 0 Å². The normalized spacial score (nSPS) is 25.0. The van der Waals surface area contributed by atoms with E-state index < -0.39 is 5.97 Å². The lowest BCUT2D eigenvalue weighted by molar-refractivity contribution is -0.143. The number of carboxylic acid groups (broad SMARTS) is 1. The van der Waals surface area contributed by atoms with Crippen LogP contribution in [0.5, 0.6) is 0 Å². The van der Waals surface area contributed by atoms with Crippen LogP contribution >= 0.6 is 0 Å². The molecule has 1 fully saturated rings. The number of hydrogen-bond acceptors (Lipinski definition) is 3. The monoisotopic (exact) mass is 229 g/mol. The van der Waals surface area contributed by atoms with Crippen molar-refractivity contribution >= 4 is 5.97 Å². The van der Waals surface area contributed by atoms with Gasteiger partial charge in [0.1, 0.15) is 0 Å². The zero-order valence-electron chi connectivity index (χ0n) is 10.4. The SMILES string of the molecule is CC(O)C1CCN(C(C)C(C)C(=O)O)CC1. The highest BCUT2D eigenvalue weighted by atomic mass is 16.4. The summed E-state index contributed by atoms with van der Waals surface area (Å²) in [5, 5.41) is 18.4. The molecule has 0 spiro atoms. The molecule has 1 rings (SSSR count). The van der Waals surface area contributed by atoms with Crippen molar-refractivity contribution in [1.82, 2.24) is 4.90 Å². The van der Waals surface area contributed by atoms with Gasteiger partial charge >= 0.3 is 5.97 Å². The molecule has 1 aliphatic rings. The minimum Gasteiger partial charge on any atom is -0.481 e. The van der Waals surface area contributed by atoms with Crippen molar-refractivity contribution in [3.8, 4) is 0 Å². The third kappa shape index (κ3) is 3.19. The van der Waals surface area contributed by atoms with Gasteiger partial charge in [-0.2, -0.15) is 0 Å². The zero-order chi connectivity index (χ0) is 12.3. The van der Waals surface area contributed by atoms with Crippen LogP contribution in [0, 0.1) is 11.8 Å². The van der Waals surface area contributed by atoms with E-state index in [9.17, 15) is 9.90 Å². The van der Waals surface area contributed by atoms with Crippen molar-refractivity contribution < 1.29 is 15.0 Å². The Balaban J connectivity index is 2.44. The molecule has 94 valence electrons. The number of aliphatic hydroxyl groups is 1. The van der Waals surface area contributed by atoms with Crippen LogP contribution in [-0.4, -0.2) is 46.3 Å². The fourth-order valence-corrected chi connectivity index (χ4v) is 2.33. The summed E-state index contributed by atoms with van der Waals surface area (Å²) in [7, 11) is 0. The molecule has 16 heavy (non-hydrogen) atoms. The third-order valence-corrected chi connectivity index (χ3v) is 3.95. The van der Waals surface area contributed by atoms with E-state index in [0.717, 1.165) is 25.9 Å². The fraction of sp³-hybridized carbons (Fsp3) is 0.917. The summed E-state index contributed by atoms with van der Waals surface area (Å²) in [4.78, 5) is 13.1. The summed E-state index contributed by atoms with van der Waals surface area (Å²) in [6, 6.07) is 0.0763. The Labute approximate surface area is 97.3 Å². The van der Waals surface area contributed by atoms with Gasteiger partial charge in [-0.25, -0.2) is 0 Å². The molecule has 0 amide bonds. The molecule has 3 atom stereocenters. The Hall–Kier alpha value is -0.610. The number of rotatable bonds is 4. The summed E-state index contributed by atoms with van der Waals surface area (Å²) < 4.78 is 0. The molecule has 2 N–H and O–H groups in total. The molecule has 0 aromatic rings. The number of likely N-dealkylation sites (tertiary alicyclic amines) is 1. The van der Waals surface area contributed by atoms with E-state index in [0.29, 0.717) is 5.92 Å². The Morgan fingerprint density at radius 3 is 2.12 bits per heavy atom. The quantitative estimate of drug-likeness (QED) is 0.760. The molecule has 1 aliphatic heterocycles. The van der Waals surface area contributed by atoms with Gasteiger partial charge in [0.15, 0.2) is 0 Å². The lowest BCUT2D eigenvalue weighted by Gasteiger charge is -2.38. The topological polar surface area (TPSA) is 60.8 Å². The van der Waals surface area contributed by atoms with Crippen molar-refractivity contribution in [2.75, 3.05) is 13.1 Å². The van der Waals surface area contributed by atoms with E-state index >= 15 is 0 Å². The number of aliphatic hydroxyl groups excluding tert-OH is 1. The first-order chi connectivity index (χ1) is 7.43. The van der Waals surface area contributed by atoms with E-state index in [4.69, 9.17) is 5.11 Å². The predicted octanol–water partition coefficient (Wildman–Crippen LogP) is 1.19. The molecule has 4 nitrogen and oxygen atoms in total. The molecule has 1 heterocycles. The molecule has 0 aromatic carbocycles. The first kappa shape index (κ1) is 13.5. The molecule has 1 saturated heterocycles. The number of nitrogens with zero attached hydrogens (tertiary/aromatic N) is 1. The highest BCUT2D eigenvalue weighted by Gasteiger charge is 2.29. The van der Waals surface area contributed by atoms with Gasteiger partial charge in [0.25, 0.3) is 0 Å². The Kier molecular flexibility index (Phi) is 4.74. The van der Waals surface area contributed by atoms with E-state index in [1.807, 2.05) is 13.8 Å². The van der Waals surface area contributed by atoms with Crippen LogP contribution in [0.4, 0.5) is 0 Å². The Morgan fingerprint density at radius 2 is 1.75 bits per heavy atom. The second-order valence-electron chi connectivity index (χ2n) is 4.98. The lowest BCUT2D eigenvalue weighted by atomic mass is 9.90. The predicted molar refractivity (Wildman–Crippen MR) is 62.2 cm³/mol. The van der Waals surface area contributed by atoms with Crippen molar-refractivity contribution in [3.05, 3.63) is 0 Å². The van der Waals surface area contributed by atoms with E-state index in [2.05, 4.69) is 4.90 Å². The summed E-state index contributed by atoms with van der Waals surface area (Å²) in [5.74, 6) is -0.683. The number of hydrogen-bond donors (Lipinski definition) is 2. The maximum absolute atomic E-state index is 10.9. The highest BCUT2D eigenvalue weighted by molar-refractivity contribution is 5.70. The number of aliphatic carboxylic acids is 1. The average molecular weight is 229 g/mol. The van der Waals surface area contributed by atoms with E-state index in [1.54, 1.807) is 6.92 Å². The molecule has 3 unspecified atom stereocenters. The molecule has 0 aliphatic carbocycles. The number of piperidine rings is 1. The molecule has 0 saturated carbocycles. The maximum Gasteiger partial charge on any atom is 0.307 e. The Bertz CT molecular complexity index is 234. The molecular weight excluding hydrogens is 206 g/mol. The molecule has 0 aromatic heterocycles. The van der Waals surface area contributed by atoms with Gasteiger partial charge in [0.05, 0.1) is 12.0 Å². The van der Waals surface area contributed by atoms with Gasteiger partial charge in [0, 0.05) is 6.04 Å². The zero-order valence-corrected chi connectivity index (χ0v) is 10.4. The summed E-state index contributed by atoms with van der Waals surface area (Å²) >= 11 is 0. The van der Waals surface area contributed by atoms with Gasteiger partial charge in [-0.05, 0) is 45.7 Å². The van der Waals surface area contributed by atoms with Gasteiger partial charge in [-0.15, -0.1) is 0 Å². The number of carbonyl (C=O) groups is 1.